The second-order valence-electron chi connectivity index (χ2n) is 5.18. The second kappa shape index (κ2) is 6.82. The Hall–Kier alpha value is -3.06. The fourth-order valence-electron chi connectivity index (χ4n) is 2.23. The summed E-state index contributed by atoms with van der Waals surface area (Å²) in [6.45, 7) is 0. The van der Waals surface area contributed by atoms with Gasteiger partial charge in [0, 0.05) is 22.0 Å². The molecule has 2 aromatic carbocycles. The van der Waals surface area contributed by atoms with E-state index >= 15 is 0 Å². The number of rotatable bonds is 4. The van der Waals surface area contributed by atoms with Crippen molar-refractivity contribution in [3.05, 3.63) is 90.7 Å². The summed E-state index contributed by atoms with van der Waals surface area (Å²) in [6.07, 6.45) is 2.84. The zero-order chi connectivity index (χ0) is 18.0. The number of benzene rings is 2. The van der Waals surface area contributed by atoms with Crippen LogP contribution in [0.2, 0.25) is 0 Å². The summed E-state index contributed by atoms with van der Waals surface area (Å²) in [5.41, 5.74) is -0.139. The van der Waals surface area contributed by atoms with E-state index in [0.29, 0.717) is 5.39 Å². The van der Waals surface area contributed by atoms with Crippen LogP contribution in [-0.4, -0.2) is 10.7 Å². The fourth-order valence-corrected chi connectivity index (χ4v) is 2.50. The molecule has 0 spiro atoms. The zero-order valence-corrected chi connectivity index (χ0v) is 14.2. The van der Waals surface area contributed by atoms with E-state index in [0.717, 1.165) is 10.0 Å². The van der Waals surface area contributed by atoms with Crippen molar-refractivity contribution in [2.24, 2.45) is 0 Å². The lowest BCUT2D eigenvalue weighted by molar-refractivity contribution is -0.384. The second-order valence-corrected chi connectivity index (χ2v) is 6.09. The summed E-state index contributed by atoms with van der Waals surface area (Å²) in [5.74, 6) is -0.537. The number of nitro groups is 1. The average molecular weight is 400 g/mol. The van der Waals surface area contributed by atoms with Gasteiger partial charge < -0.3 is 4.42 Å². The molecule has 0 atom stereocenters. The highest BCUT2D eigenvalue weighted by Gasteiger charge is 2.14. The smallest absolute Gasteiger partial charge is 0.347 e. The lowest BCUT2D eigenvalue weighted by Gasteiger charge is -2.00. The van der Waals surface area contributed by atoms with Gasteiger partial charge in [-0.25, -0.2) is 4.79 Å². The van der Waals surface area contributed by atoms with Crippen molar-refractivity contribution >= 4 is 44.4 Å². The summed E-state index contributed by atoms with van der Waals surface area (Å²) < 4.78 is 5.99. The Morgan fingerprint density at radius 1 is 1.12 bits per heavy atom. The van der Waals surface area contributed by atoms with Gasteiger partial charge in [-0.2, -0.15) is 0 Å². The Bertz CT molecular complexity index is 1070. The molecule has 0 saturated heterocycles. The number of halogens is 1. The third kappa shape index (κ3) is 3.72. The first-order valence-electron chi connectivity index (χ1n) is 7.14. The number of nitrogens with zero attached hydrogens (tertiary/aromatic N) is 1. The van der Waals surface area contributed by atoms with Crippen LogP contribution >= 0.6 is 15.9 Å². The predicted molar refractivity (Wildman–Crippen MR) is 96.6 cm³/mol. The van der Waals surface area contributed by atoms with E-state index in [4.69, 9.17) is 4.42 Å². The SMILES string of the molecule is O=C(/C=C/c1ccc(Br)cc1)c1cc2cc([N+](=O)[O-])ccc2oc1=O. The van der Waals surface area contributed by atoms with E-state index in [9.17, 15) is 19.7 Å². The summed E-state index contributed by atoms with van der Waals surface area (Å²) >= 11 is 3.32. The molecular weight excluding hydrogens is 390 g/mol. The summed E-state index contributed by atoms with van der Waals surface area (Å²) in [4.78, 5) is 34.6. The van der Waals surface area contributed by atoms with Crippen LogP contribution in [-0.2, 0) is 0 Å². The molecule has 1 heterocycles. The van der Waals surface area contributed by atoms with Gasteiger partial charge in [-0.3, -0.25) is 14.9 Å². The van der Waals surface area contributed by atoms with Gasteiger partial charge in [0.25, 0.3) is 5.69 Å². The Morgan fingerprint density at radius 3 is 2.52 bits per heavy atom. The van der Waals surface area contributed by atoms with Crippen molar-refractivity contribution in [3.8, 4) is 0 Å². The molecule has 0 aliphatic rings. The number of carbonyl (C=O) groups is 1. The van der Waals surface area contributed by atoms with Crippen LogP contribution in [0.3, 0.4) is 0 Å². The topological polar surface area (TPSA) is 90.4 Å². The third-order valence-electron chi connectivity index (χ3n) is 3.49. The predicted octanol–water partition coefficient (Wildman–Crippen LogP) is 4.36. The highest BCUT2D eigenvalue weighted by Crippen LogP contribution is 2.21. The van der Waals surface area contributed by atoms with Crippen LogP contribution in [0.1, 0.15) is 15.9 Å². The quantitative estimate of drug-likeness (QED) is 0.213. The Morgan fingerprint density at radius 2 is 1.84 bits per heavy atom. The standard InChI is InChI=1S/C18H10BrNO5/c19-13-4-1-11(2-5-13)3-7-16(21)15-10-12-9-14(20(23)24)6-8-17(12)25-18(15)22/h1-10H/b7-3+. The molecule has 3 rings (SSSR count). The molecule has 25 heavy (non-hydrogen) atoms. The molecule has 0 fully saturated rings. The number of non-ortho nitro benzene ring substituents is 1. The summed E-state index contributed by atoms with van der Waals surface area (Å²) in [7, 11) is 0. The van der Waals surface area contributed by atoms with E-state index in [1.54, 1.807) is 18.2 Å². The molecule has 1 aromatic heterocycles. The first kappa shape index (κ1) is 16.8. The van der Waals surface area contributed by atoms with Crippen molar-refractivity contribution in [2.45, 2.75) is 0 Å². The number of fused-ring (bicyclic) bond motifs is 1. The Balaban J connectivity index is 1.97. The number of ketones is 1. The summed E-state index contributed by atoms with van der Waals surface area (Å²) in [6, 6.07) is 12.4. The molecule has 0 bridgehead atoms. The van der Waals surface area contributed by atoms with Crippen LogP contribution in [0.15, 0.2) is 68.3 Å². The molecule has 124 valence electrons. The van der Waals surface area contributed by atoms with Crippen LogP contribution in [0, 0.1) is 10.1 Å². The molecule has 0 saturated carbocycles. The molecule has 7 heteroatoms. The number of hydrogen-bond acceptors (Lipinski definition) is 5. The van der Waals surface area contributed by atoms with Crippen LogP contribution in [0.25, 0.3) is 17.0 Å². The lowest BCUT2D eigenvalue weighted by Crippen LogP contribution is -2.12. The molecule has 3 aromatic rings. The van der Waals surface area contributed by atoms with Crippen molar-refractivity contribution < 1.29 is 14.1 Å². The minimum atomic E-state index is -0.785. The van der Waals surface area contributed by atoms with E-state index < -0.39 is 16.3 Å². The lowest BCUT2D eigenvalue weighted by atomic mass is 10.1. The maximum atomic E-state index is 12.3. The number of allylic oxidation sites excluding steroid dienone is 1. The maximum absolute atomic E-state index is 12.3. The first-order chi connectivity index (χ1) is 11.9. The van der Waals surface area contributed by atoms with Gasteiger partial charge in [0.1, 0.15) is 11.1 Å². The fraction of sp³-hybridized carbons (Fsp3) is 0. The largest absolute Gasteiger partial charge is 0.422 e. The summed E-state index contributed by atoms with van der Waals surface area (Å²) in [5, 5.41) is 11.2. The zero-order valence-electron chi connectivity index (χ0n) is 12.6. The van der Waals surface area contributed by atoms with Gasteiger partial charge >= 0.3 is 5.63 Å². The number of hydrogen-bond donors (Lipinski definition) is 0. The Labute approximate surface area is 149 Å². The average Bonchev–Trinajstić information content (AvgIpc) is 2.60. The first-order valence-corrected chi connectivity index (χ1v) is 7.93. The van der Waals surface area contributed by atoms with Gasteiger partial charge in [-0.1, -0.05) is 34.1 Å². The van der Waals surface area contributed by atoms with Gasteiger partial charge in [-0.15, -0.1) is 0 Å². The van der Waals surface area contributed by atoms with Crippen LogP contribution in [0.5, 0.6) is 0 Å². The van der Waals surface area contributed by atoms with Gasteiger partial charge in [0.2, 0.25) is 0 Å². The van der Waals surface area contributed by atoms with Crippen LogP contribution in [0.4, 0.5) is 5.69 Å². The van der Waals surface area contributed by atoms with Crippen LogP contribution < -0.4 is 5.63 Å². The molecule has 0 unspecified atom stereocenters. The normalized spacial score (nSPS) is 11.1. The Kier molecular flexibility index (Phi) is 4.58. The minimum absolute atomic E-state index is 0.148. The van der Waals surface area contributed by atoms with E-state index in [2.05, 4.69) is 15.9 Å². The molecule has 0 radical (unpaired) electrons. The van der Waals surface area contributed by atoms with Crippen molar-refractivity contribution in [3.63, 3.8) is 0 Å². The number of nitro benzene ring substituents is 1. The molecular formula is C18H10BrNO5. The van der Waals surface area contributed by atoms with E-state index in [-0.39, 0.29) is 16.8 Å². The highest BCUT2D eigenvalue weighted by molar-refractivity contribution is 9.10. The highest BCUT2D eigenvalue weighted by atomic mass is 79.9. The minimum Gasteiger partial charge on any atom is -0.422 e. The molecule has 0 aliphatic heterocycles. The van der Waals surface area contributed by atoms with Crippen molar-refractivity contribution in [2.75, 3.05) is 0 Å². The molecule has 0 N–H and O–H groups in total. The van der Waals surface area contributed by atoms with Crippen molar-refractivity contribution in [1.29, 1.82) is 0 Å². The van der Waals surface area contributed by atoms with Gasteiger partial charge in [-0.05, 0) is 35.9 Å². The number of carbonyl (C=O) groups excluding carboxylic acids is 1. The maximum Gasteiger partial charge on any atom is 0.347 e. The molecule has 6 nitrogen and oxygen atoms in total. The molecule has 0 aliphatic carbocycles. The van der Waals surface area contributed by atoms with E-state index in [1.807, 2.05) is 12.1 Å². The van der Waals surface area contributed by atoms with Gasteiger partial charge in [0.05, 0.1) is 4.92 Å². The monoisotopic (exact) mass is 399 g/mol. The third-order valence-corrected chi connectivity index (χ3v) is 4.02. The molecule has 0 amide bonds. The van der Waals surface area contributed by atoms with Crippen molar-refractivity contribution in [1.82, 2.24) is 0 Å². The van der Waals surface area contributed by atoms with E-state index in [1.165, 1.54) is 30.3 Å². The van der Waals surface area contributed by atoms with Gasteiger partial charge in [0.15, 0.2) is 5.78 Å².